The third kappa shape index (κ3) is 6.13. The third-order valence-corrected chi connectivity index (χ3v) is 6.24. The molecule has 0 bridgehead atoms. The van der Waals surface area contributed by atoms with Crippen molar-refractivity contribution in [2.24, 2.45) is 0 Å². The van der Waals surface area contributed by atoms with E-state index in [2.05, 4.69) is 21.6 Å². The van der Waals surface area contributed by atoms with Gasteiger partial charge in [0.05, 0.1) is 36.4 Å². The van der Waals surface area contributed by atoms with Crippen LogP contribution in [0.5, 0.6) is 0 Å². The van der Waals surface area contributed by atoms with Gasteiger partial charge in [-0.25, -0.2) is 13.8 Å². The molecule has 6 nitrogen and oxygen atoms in total. The number of para-hydroxylation sites is 2. The molecule has 4 rings (SSSR count). The maximum atomic E-state index is 14.4. The highest BCUT2D eigenvalue weighted by Crippen LogP contribution is 2.20. The molecule has 1 aromatic heterocycles. The van der Waals surface area contributed by atoms with Crippen molar-refractivity contribution in [1.82, 2.24) is 19.4 Å². The van der Waals surface area contributed by atoms with Gasteiger partial charge in [0.15, 0.2) is 11.6 Å². The summed E-state index contributed by atoms with van der Waals surface area (Å²) in [6, 6.07) is 11.5. The lowest BCUT2D eigenvalue weighted by atomic mass is 10.1. The first-order valence-corrected chi connectivity index (χ1v) is 12.2. The van der Waals surface area contributed by atoms with Crippen molar-refractivity contribution in [2.75, 3.05) is 39.4 Å². The summed E-state index contributed by atoms with van der Waals surface area (Å²) in [7, 11) is 0. The number of allylic oxidation sites excluding steroid dienone is 1. The Morgan fingerprint density at radius 1 is 1.09 bits per heavy atom. The molecule has 2 aromatic carbocycles. The quantitative estimate of drug-likeness (QED) is 0.395. The molecule has 0 N–H and O–H groups in total. The second kappa shape index (κ2) is 12.0. The standard InChI is InChI=1S/C27H32F2N4O2/c1-2-3-14-32(27(34)21-9-8-10-22(28)26(21)29)20-25-30-23-11-4-5-12-24(23)33(25)15-7-6-13-31-16-18-35-19-17-31/h4-12H,2-3,13-20H2,1H3. The van der Waals surface area contributed by atoms with Crippen molar-refractivity contribution >= 4 is 16.9 Å². The highest BCUT2D eigenvalue weighted by Gasteiger charge is 2.23. The topological polar surface area (TPSA) is 50.6 Å². The fraction of sp³-hybridized carbons (Fsp3) is 0.407. The predicted octanol–water partition coefficient (Wildman–Crippen LogP) is 4.65. The number of hydrogen-bond donors (Lipinski definition) is 0. The first-order chi connectivity index (χ1) is 17.1. The SMILES string of the molecule is CCCCN(Cc1nc2ccccc2n1CC=CCN1CCOCC1)C(=O)c1cccc(F)c1F. The summed E-state index contributed by atoms with van der Waals surface area (Å²) in [6.45, 7) is 7.50. The molecule has 0 aliphatic carbocycles. The number of benzene rings is 2. The fourth-order valence-electron chi connectivity index (χ4n) is 4.25. The summed E-state index contributed by atoms with van der Waals surface area (Å²) in [5.74, 6) is -1.96. The maximum Gasteiger partial charge on any atom is 0.257 e. The monoisotopic (exact) mass is 482 g/mol. The number of unbranched alkanes of at least 4 members (excludes halogenated alkanes) is 1. The van der Waals surface area contributed by atoms with E-state index in [-0.39, 0.29) is 12.1 Å². The molecule has 1 aliphatic heterocycles. The van der Waals surface area contributed by atoms with Crippen LogP contribution in [0.25, 0.3) is 11.0 Å². The summed E-state index contributed by atoms with van der Waals surface area (Å²) in [5, 5.41) is 0. The summed E-state index contributed by atoms with van der Waals surface area (Å²) in [6.07, 6.45) is 5.88. The average molecular weight is 483 g/mol. The summed E-state index contributed by atoms with van der Waals surface area (Å²) in [4.78, 5) is 21.9. The van der Waals surface area contributed by atoms with Gasteiger partial charge in [0.25, 0.3) is 5.91 Å². The van der Waals surface area contributed by atoms with E-state index in [4.69, 9.17) is 9.72 Å². The second-order valence-electron chi connectivity index (χ2n) is 8.69. The van der Waals surface area contributed by atoms with Gasteiger partial charge in [0.1, 0.15) is 5.82 Å². The highest BCUT2D eigenvalue weighted by molar-refractivity contribution is 5.94. The molecule has 0 spiro atoms. The molecule has 0 unspecified atom stereocenters. The van der Waals surface area contributed by atoms with Gasteiger partial charge < -0.3 is 14.2 Å². The van der Waals surface area contributed by atoms with Crippen LogP contribution in [0, 0.1) is 11.6 Å². The summed E-state index contributed by atoms with van der Waals surface area (Å²) < 4.78 is 35.7. The lowest BCUT2D eigenvalue weighted by Crippen LogP contribution is -2.36. The number of nitrogens with zero attached hydrogens (tertiary/aromatic N) is 4. The van der Waals surface area contributed by atoms with Crippen molar-refractivity contribution in [3.05, 3.63) is 77.6 Å². The molecule has 35 heavy (non-hydrogen) atoms. The van der Waals surface area contributed by atoms with Crippen LogP contribution in [0.2, 0.25) is 0 Å². The lowest BCUT2D eigenvalue weighted by Gasteiger charge is -2.25. The molecule has 1 amide bonds. The molecule has 0 atom stereocenters. The van der Waals surface area contributed by atoms with Gasteiger partial charge >= 0.3 is 0 Å². The van der Waals surface area contributed by atoms with E-state index < -0.39 is 17.5 Å². The van der Waals surface area contributed by atoms with Gasteiger partial charge in [-0.05, 0) is 30.7 Å². The Bertz CT molecular complexity index is 1170. The van der Waals surface area contributed by atoms with E-state index in [1.54, 1.807) is 4.90 Å². The van der Waals surface area contributed by atoms with Crippen LogP contribution in [-0.4, -0.2) is 64.7 Å². The Morgan fingerprint density at radius 2 is 1.86 bits per heavy atom. The van der Waals surface area contributed by atoms with Gasteiger partial charge in [-0.3, -0.25) is 9.69 Å². The minimum Gasteiger partial charge on any atom is -0.379 e. The van der Waals surface area contributed by atoms with Crippen LogP contribution in [0.15, 0.2) is 54.6 Å². The number of amides is 1. The minimum atomic E-state index is -1.11. The van der Waals surface area contributed by atoms with Crippen LogP contribution in [0.1, 0.15) is 35.9 Å². The molecule has 1 aliphatic rings. The van der Waals surface area contributed by atoms with Crippen molar-refractivity contribution in [2.45, 2.75) is 32.9 Å². The Morgan fingerprint density at radius 3 is 2.66 bits per heavy atom. The maximum absolute atomic E-state index is 14.4. The van der Waals surface area contributed by atoms with Crippen molar-refractivity contribution in [3.8, 4) is 0 Å². The second-order valence-corrected chi connectivity index (χ2v) is 8.69. The van der Waals surface area contributed by atoms with Gasteiger partial charge in [-0.1, -0.05) is 43.7 Å². The Balaban J connectivity index is 1.57. The van der Waals surface area contributed by atoms with E-state index in [9.17, 15) is 13.6 Å². The van der Waals surface area contributed by atoms with Crippen LogP contribution < -0.4 is 0 Å². The molecule has 1 saturated heterocycles. The molecule has 3 aromatic rings. The summed E-state index contributed by atoms with van der Waals surface area (Å²) >= 11 is 0. The van der Waals surface area contributed by atoms with Crippen LogP contribution in [0.4, 0.5) is 8.78 Å². The van der Waals surface area contributed by atoms with Crippen LogP contribution in [-0.2, 0) is 17.8 Å². The smallest absolute Gasteiger partial charge is 0.257 e. The first-order valence-electron chi connectivity index (χ1n) is 12.2. The molecule has 2 heterocycles. The van der Waals surface area contributed by atoms with Crippen molar-refractivity contribution in [3.63, 3.8) is 0 Å². The van der Waals surface area contributed by atoms with Gasteiger partial charge in [0, 0.05) is 32.7 Å². The van der Waals surface area contributed by atoms with Crippen LogP contribution >= 0.6 is 0 Å². The number of fused-ring (bicyclic) bond motifs is 1. The number of hydrogen-bond acceptors (Lipinski definition) is 4. The van der Waals surface area contributed by atoms with Crippen molar-refractivity contribution in [1.29, 1.82) is 0 Å². The van der Waals surface area contributed by atoms with E-state index in [1.807, 2.05) is 31.2 Å². The Labute approximate surface area is 204 Å². The number of carbonyl (C=O) groups excluding carboxylic acids is 1. The Hall–Kier alpha value is -3.10. The molecule has 0 radical (unpaired) electrons. The van der Waals surface area contributed by atoms with E-state index in [1.165, 1.54) is 12.1 Å². The molecule has 0 saturated carbocycles. The van der Waals surface area contributed by atoms with Gasteiger partial charge in [-0.15, -0.1) is 0 Å². The van der Waals surface area contributed by atoms with E-state index >= 15 is 0 Å². The fourth-order valence-corrected chi connectivity index (χ4v) is 4.25. The number of morpholine rings is 1. The third-order valence-electron chi connectivity index (χ3n) is 6.24. The summed E-state index contributed by atoms with van der Waals surface area (Å²) in [5.41, 5.74) is 1.55. The number of imidazole rings is 1. The zero-order chi connectivity index (χ0) is 24.6. The zero-order valence-corrected chi connectivity index (χ0v) is 20.1. The Kier molecular flexibility index (Phi) is 8.60. The van der Waals surface area contributed by atoms with E-state index in [0.29, 0.717) is 18.9 Å². The zero-order valence-electron chi connectivity index (χ0n) is 20.1. The number of aromatic nitrogens is 2. The first kappa shape index (κ1) is 25.0. The molecule has 8 heteroatoms. The van der Waals surface area contributed by atoms with E-state index in [0.717, 1.165) is 62.8 Å². The number of rotatable bonds is 10. The molecule has 1 fully saturated rings. The number of halogens is 2. The largest absolute Gasteiger partial charge is 0.379 e. The molecular formula is C27H32F2N4O2. The predicted molar refractivity (Wildman–Crippen MR) is 132 cm³/mol. The molecule has 186 valence electrons. The van der Waals surface area contributed by atoms with Gasteiger partial charge in [0.2, 0.25) is 0 Å². The minimum absolute atomic E-state index is 0.209. The molecular weight excluding hydrogens is 450 g/mol. The van der Waals surface area contributed by atoms with Crippen molar-refractivity contribution < 1.29 is 18.3 Å². The highest BCUT2D eigenvalue weighted by atomic mass is 19.2. The number of ether oxygens (including phenoxy) is 1. The number of carbonyl (C=O) groups is 1. The van der Waals surface area contributed by atoms with Gasteiger partial charge in [-0.2, -0.15) is 0 Å². The normalized spacial score (nSPS) is 14.7. The average Bonchev–Trinajstić information content (AvgIpc) is 3.23. The van der Waals surface area contributed by atoms with Crippen LogP contribution in [0.3, 0.4) is 0 Å². The lowest BCUT2D eigenvalue weighted by molar-refractivity contribution is 0.0434.